The van der Waals surface area contributed by atoms with Gasteiger partial charge in [0.25, 0.3) is 0 Å². The van der Waals surface area contributed by atoms with Crippen molar-refractivity contribution in [1.29, 1.82) is 0 Å². The lowest BCUT2D eigenvalue weighted by atomic mass is 9.79. The highest BCUT2D eigenvalue weighted by molar-refractivity contribution is 7.26. The number of rotatable bonds is 3. The van der Waals surface area contributed by atoms with Gasteiger partial charge < -0.3 is 5.32 Å². The van der Waals surface area contributed by atoms with Gasteiger partial charge in [-0.2, -0.15) is 0 Å². The SMILES string of the molecule is CNC(c1cc2sccc2s1)C1CCC1. The highest BCUT2D eigenvalue weighted by Crippen LogP contribution is 2.42. The van der Waals surface area contributed by atoms with Crippen LogP contribution in [0.15, 0.2) is 17.5 Å². The summed E-state index contributed by atoms with van der Waals surface area (Å²) in [6.07, 6.45) is 4.22. The Bertz CT molecular complexity index is 424. The summed E-state index contributed by atoms with van der Waals surface area (Å²) in [5, 5.41) is 5.67. The van der Waals surface area contributed by atoms with Gasteiger partial charge in [0.05, 0.1) is 0 Å². The highest BCUT2D eigenvalue weighted by Gasteiger charge is 2.28. The molecular formula is C12H15NS2. The van der Waals surface area contributed by atoms with E-state index in [1.807, 2.05) is 22.7 Å². The van der Waals surface area contributed by atoms with E-state index >= 15 is 0 Å². The molecule has 3 rings (SSSR count). The summed E-state index contributed by atoms with van der Waals surface area (Å²) >= 11 is 3.82. The van der Waals surface area contributed by atoms with Gasteiger partial charge >= 0.3 is 0 Å². The Labute approximate surface area is 98.1 Å². The first-order valence-electron chi connectivity index (χ1n) is 5.52. The number of hydrogen-bond donors (Lipinski definition) is 1. The minimum atomic E-state index is 0.600. The smallest absolute Gasteiger partial charge is 0.0454 e. The number of hydrogen-bond acceptors (Lipinski definition) is 3. The number of fused-ring (bicyclic) bond motifs is 1. The number of nitrogens with one attached hydrogen (secondary N) is 1. The molecule has 0 bridgehead atoms. The van der Waals surface area contributed by atoms with E-state index in [0.717, 1.165) is 5.92 Å². The Balaban J connectivity index is 1.93. The van der Waals surface area contributed by atoms with Crippen LogP contribution in [0, 0.1) is 5.92 Å². The van der Waals surface area contributed by atoms with Gasteiger partial charge in [-0.05, 0) is 43.3 Å². The standard InChI is InChI=1S/C12H15NS2/c1-13-12(8-3-2-4-8)11-7-10-9(15-11)5-6-14-10/h5-8,12-13H,2-4H2,1H3. The molecule has 1 nitrogen and oxygen atoms in total. The van der Waals surface area contributed by atoms with E-state index in [1.54, 1.807) is 0 Å². The van der Waals surface area contributed by atoms with Crippen LogP contribution in [0.4, 0.5) is 0 Å². The van der Waals surface area contributed by atoms with Crippen molar-refractivity contribution in [3.05, 3.63) is 22.4 Å². The van der Waals surface area contributed by atoms with Gasteiger partial charge in [0.15, 0.2) is 0 Å². The van der Waals surface area contributed by atoms with Crippen molar-refractivity contribution < 1.29 is 0 Å². The molecule has 1 saturated carbocycles. The molecule has 0 aliphatic heterocycles. The molecule has 2 heterocycles. The fourth-order valence-corrected chi connectivity index (χ4v) is 4.64. The van der Waals surface area contributed by atoms with Crippen LogP contribution in [0.2, 0.25) is 0 Å². The van der Waals surface area contributed by atoms with Gasteiger partial charge in [0.2, 0.25) is 0 Å². The summed E-state index contributed by atoms with van der Waals surface area (Å²) in [5.41, 5.74) is 0. The monoisotopic (exact) mass is 237 g/mol. The molecule has 1 aliphatic carbocycles. The first kappa shape index (κ1) is 9.82. The molecule has 0 radical (unpaired) electrons. The Morgan fingerprint density at radius 2 is 2.27 bits per heavy atom. The molecule has 1 fully saturated rings. The van der Waals surface area contributed by atoms with Gasteiger partial charge in [-0.25, -0.2) is 0 Å². The van der Waals surface area contributed by atoms with Crippen molar-refractivity contribution in [2.24, 2.45) is 5.92 Å². The first-order valence-corrected chi connectivity index (χ1v) is 7.22. The maximum absolute atomic E-state index is 3.49. The molecular weight excluding hydrogens is 222 g/mol. The van der Waals surface area contributed by atoms with Crippen LogP contribution in [0.5, 0.6) is 0 Å². The lowest BCUT2D eigenvalue weighted by molar-refractivity contribution is 0.242. The fourth-order valence-electron chi connectivity index (χ4n) is 2.32. The Morgan fingerprint density at radius 3 is 2.87 bits per heavy atom. The Morgan fingerprint density at radius 1 is 1.40 bits per heavy atom. The summed E-state index contributed by atoms with van der Waals surface area (Å²) in [5.74, 6) is 0.878. The van der Waals surface area contributed by atoms with Crippen molar-refractivity contribution in [1.82, 2.24) is 5.32 Å². The van der Waals surface area contributed by atoms with Crippen LogP contribution >= 0.6 is 22.7 Å². The van der Waals surface area contributed by atoms with Gasteiger partial charge in [-0.1, -0.05) is 6.42 Å². The molecule has 15 heavy (non-hydrogen) atoms. The normalized spacial score (nSPS) is 19.3. The Kier molecular flexibility index (Phi) is 2.54. The minimum absolute atomic E-state index is 0.600. The van der Waals surface area contributed by atoms with Crippen molar-refractivity contribution in [2.45, 2.75) is 25.3 Å². The average Bonchev–Trinajstić information content (AvgIpc) is 2.69. The Hall–Kier alpha value is -0.380. The molecule has 1 N–H and O–H groups in total. The van der Waals surface area contributed by atoms with Crippen LogP contribution in [0.3, 0.4) is 0 Å². The largest absolute Gasteiger partial charge is 0.312 e. The molecule has 2 aromatic rings. The van der Waals surface area contributed by atoms with E-state index in [-0.39, 0.29) is 0 Å². The third-order valence-electron chi connectivity index (χ3n) is 3.40. The zero-order valence-electron chi connectivity index (χ0n) is 8.82. The quantitative estimate of drug-likeness (QED) is 0.850. The van der Waals surface area contributed by atoms with Crippen LogP contribution in [-0.4, -0.2) is 7.05 Å². The molecule has 0 amide bonds. The highest BCUT2D eigenvalue weighted by atomic mass is 32.1. The molecule has 0 spiro atoms. The summed E-state index contributed by atoms with van der Waals surface area (Å²) in [6, 6.07) is 5.22. The molecule has 80 valence electrons. The summed E-state index contributed by atoms with van der Waals surface area (Å²) in [6.45, 7) is 0. The molecule has 1 unspecified atom stereocenters. The second-order valence-electron chi connectivity index (χ2n) is 4.26. The number of thiophene rings is 2. The van der Waals surface area contributed by atoms with E-state index in [2.05, 4.69) is 29.9 Å². The second kappa shape index (κ2) is 3.89. The lowest BCUT2D eigenvalue weighted by Gasteiger charge is -2.32. The third kappa shape index (κ3) is 1.63. The minimum Gasteiger partial charge on any atom is -0.312 e. The van der Waals surface area contributed by atoms with Gasteiger partial charge in [-0.3, -0.25) is 0 Å². The van der Waals surface area contributed by atoms with E-state index in [1.165, 1.54) is 33.5 Å². The molecule has 2 aromatic heterocycles. The van der Waals surface area contributed by atoms with Gasteiger partial charge in [0.1, 0.15) is 0 Å². The molecule has 0 saturated heterocycles. The van der Waals surface area contributed by atoms with E-state index in [9.17, 15) is 0 Å². The van der Waals surface area contributed by atoms with E-state index in [4.69, 9.17) is 0 Å². The van der Waals surface area contributed by atoms with Crippen molar-refractivity contribution >= 4 is 32.1 Å². The van der Waals surface area contributed by atoms with Gasteiger partial charge in [-0.15, -0.1) is 22.7 Å². The maximum atomic E-state index is 3.49. The summed E-state index contributed by atoms with van der Waals surface area (Å²) in [4.78, 5) is 1.53. The zero-order valence-corrected chi connectivity index (χ0v) is 10.5. The lowest BCUT2D eigenvalue weighted by Crippen LogP contribution is -2.28. The van der Waals surface area contributed by atoms with E-state index in [0.29, 0.717) is 6.04 Å². The molecule has 3 heteroatoms. The van der Waals surface area contributed by atoms with Crippen LogP contribution in [-0.2, 0) is 0 Å². The van der Waals surface area contributed by atoms with Crippen LogP contribution in [0.25, 0.3) is 9.40 Å². The fraction of sp³-hybridized carbons (Fsp3) is 0.500. The van der Waals surface area contributed by atoms with E-state index < -0.39 is 0 Å². The topological polar surface area (TPSA) is 12.0 Å². The second-order valence-corrected chi connectivity index (χ2v) is 6.32. The predicted octanol–water partition coefficient (Wildman–Crippen LogP) is 4.02. The molecule has 1 aliphatic rings. The van der Waals surface area contributed by atoms with Crippen molar-refractivity contribution in [2.75, 3.05) is 7.05 Å². The zero-order chi connectivity index (χ0) is 10.3. The summed E-state index contributed by atoms with van der Waals surface area (Å²) < 4.78 is 2.91. The van der Waals surface area contributed by atoms with Gasteiger partial charge in [0, 0.05) is 20.3 Å². The summed E-state index contributed by atoms with van der Waals surface area (Å²) in [7, 11) is 2.09. The van der Waals surface area contributed by atoms with Crippen molar-refractivity contribution in [3.8, 4) is 0 Å². The average molecular weight is 237 g/mol. The molecule has 0 aromatic carbocycles. The molecule has 1 atom stereocenters. The predicted molar refractivity (Wildman–Crippen MR) is 68.8 cm³/mol. The van der Waals surface area contributed by atoms with Crippen LogP contribution in [0.1, 0.15) is 30.2 Å². The van der Waals surface area contributed by atoms with Crippen LogP contribution < -0.4 is 5.32 Å². The third-order valence-corrected chi connectivity index (χ3v) is 5.57. The van der Waals surface area contributed by atoms with Crippen molar-refractivity contribution in [3.63, 3.8) is 0 Å². The first-order chi connectivity index (χ1) is 7.38. The maximum Gasteiger partial charge on any atom is 0.0454 e.